The Labute approximate surface area is 187 Å². The summed E-state index contributed by atoms with van der Waals surface area (Å²) in [7, 11) is 0. The monoisotopic (exact) mass is 459 g/mol. The second kappa shape index (κ2) is 9.51. The van der Waals surface area contributed by atoms with Gasteiger partial charge in [-0.3, -0.25) is 14.5 Å². The second-order valence-electron chi connectivity index (χ2n) is 7.04. The Morgan fingerprint density at radius 3 is 2.52 bits per heavy atom. The van der Waals surface area contributed by atoms with Gasteiger partial charge in [0.25, 0.3) is 11.8 Å². The maximum atomic E-state index is 13.0. The highest BCUT2D eigenvalue weighted by atomic mass is 35.5. The molecule has 7 nitrogen and oxygen atoms in total. The number of carbonyl (C=O) groups is 2. The molecule has 2 amide bonds. The normalized spacial score (nSPS) is 14.5. The van der Waals surface area contributed by atoms with Gasteiger partial charge in [0.1, 0.15) is 10.8 Å². The molecular formula is C21H19ClFN5O2S. The van der Waals surface area contributed by atoms with Crippen LogP contribution in [0.5, 0.6) is 0 Å². The fourth-order valence-electron chi connectivity index (χ4n) is 3.23. The van der Waals surface area contributed by atoms with Crippen LogP contribution < -0.4 is 5.32 Å². The number of nitrogens with zero attached hydrogens (tertiary/aromatic N) is 4. The first-order valence-corrected chi connectivity index (χ1v) is 10.8. The zero-order valence-corrected chi connectivity index (χ0v) is 18.0. The minimum absolute atomic E-state index is 0.0298. The van der Waals surface area contributed by atoms with E-state index >= 15 is 0 Å². The number of amides is 2. The number of aromatic nitrogens is 2. The molecule has 1 N–H and O–H groups in total. The lowest BCUT2D eigenvalue weighted by Gasteiger charge is -2.34. The number of hydrogen-bond donors (Lipinski definition) is 1. The average molecular weight is 460 g/mol. The quantitative estimate of drug-likeness (QED) is 0.631. The van der Waals surface area contributed by atoms with Crippen molar-refractivity contribution in [2.45, 2.75) is 6.54 Å². The third-order valence-corrected chi connectivity index (χ3v) is 5.99. The van der Waals surface area contributed by atoms with Crippen LogP contribution in [-0.4, -0.2) is 58.0 Å². The van der Waals surface area contributed by atoms with Gasteiger partial charge in [-0.2, -0.15) is 0 Å². The highest BCUT2D eigenvalue weighted by Gasteiger charge is 2.23. The molecule has 10 heteroatoms. The van der Waals surface area contributed by atoms with Crippen LogP contribution in [0.2, 0.25) is 5.02 Å². The van der Waals surface area contributed by atoms with E-state index < -0.39 is 0 Å². The van der Waals surface area contributed by atoms with Gasteiger partial charge in [-0.15, -0.1) is 10.2 Å². The van der Waals surface area contributed by atoms with Gasteiger partial charge < -0.3 is 10.2 Å². The van der Waals surface area contributed by atoms with Crippen molar-refractivity contribution in [2.75, 3.05) is 31.5 Å². The topological polar surface area (TPSA) is 78.4 Å². The van der Waals surface area contributed by atoms with Crippen molar-refractivity contribution >= 4 is 40.4 Å². The van der Waals surface area contributed by atoms with Gasteiger partial charge in [0.2, 0.25) is 5.01 Å². The molecule has 1 fully saturated rings. The number of benzene rings is 2. The number of rotatable bonds is 5. The highest BCUT2D eigenvalue weighted by molar-refractivity contribution is 7.13. The Bertz CT molecular complexity index is 1080. The first-order valence-electron chi connectivity index (χ1n) is 9.64. The minimum atomic E-state index is -0.382. The van der Waals surface area contributed by atoms with Gasteiger partial charge in [0.15, 0.2) is 0 Å². The van der Waals surface area contributed by atoms with E-state index in [2.05, 4.69) is 20.4 Å². The predicted octanol–water partition coefficient (Wildman–Crippen LogP) is 3.54. The zero-order chi connectivity index (χ0) is 21.8. The van der Waals surface area contributed by atoms with E-state index in [-0.39, 0.29) is 22.6 Å². The molecule has 0 radical (unpaired) electrons. The van der Waals surface area contributed by atoms with Crippen LogP contribution in [0, 0.1) is 5.82 Å². The number of carbonyl (C=O) groups excluding carboxylic acids is 2. The summed E-state index contributed by atoms with van der Waals surface area (Å²) in [6.45, 7) is 3.15. The summed E-state index contributed by atoms with van der Waals surface area (Å²) in [4.78, 5) is 28.9. The Balaban J connectivity index is 1.29. The van der Waals surface area contributed by atoms with Crippen LogP contribution in [0.4, 0.5) is 10.1 Å². The van der Waals surface area contributed by atoms with Gasteiger partial charge in [0.05, 0.1) is 6.54 Å². The standard InChI is InChI=1S/C21H19ClFN5O2S/c22-15-3-1-2-14(12-15)21(30)28-10-8-27(9-11-28)13-18-25-26-20(31-18)19(29)24-17-6-4-16(23)5-7-17/h1-7,12H,8-11,13H2,(H,24,29). The third kappa shape index (κ3) is 5.43. The summed E-state index contributed by atoms with van der Waals surface area (Å²) in [5.41, 5.74) is 1.07. The van der Waals surface area contributed by atoms with Crippen molar-refractivity contribution in [1.29, 1.82) is 0 Å². The van der Waals surface area contributed by atoms with Crippen LogP contribution in [-0.2, 0) is 6.54 Å². The van der Waals surface area contributed by atoms with Crippen molar-refractivity contribution in [3.63, 3.8) is 0 Å². The lowest BCUT2D eigenvalue weighted by Crippen LogP contribution is -2.48. The van der Waals surface area contributed by atoms with Crippen LogP contribution >= 0.6 is 22.9 Å². The summed E-state index contributed by atoms with van der Waals surface area (Å²) in [6.07, 6.45) is 0. The molecule has 1 aromatic heterocycles. The lowest BCUT2D eigenvalue weighted by atomic mass is 10.2. The van der Waals surface area contributed by atoms with Gasteiger partial charge in [-0.25, -0.2) is 4.39 Å². The molecule has 1 aliphatic rings. The molecule has 4 rings (SSSR count). The molecule has 1 aliphatic heterocycles. The molecule has 31 heavy (non-hydrogen) atoms. The molecule has 2 heterocycles. The first-order chi connectivity index (χ1) is 15.0. The maximum Gasteiger partial charge on any atom is 0.286 e. The van der Waals surface area contributed by atoms with Crippen LogP contribution in [0.15, 0.2) is 48.5 Å². The first kappa shape index (κ1) is 21.4. The fraction of sp³-hybridized carbons (Fsp3) is 0.238. The number of piperazine rings is 1. The maximum absolute atomic E-state index is 13.0. The van der Waals surface area contributed by atoms with Crippen LogP contribution in [0.1, 0.15) is 25.2 Å². The lowest BCUT2D eigenvalue weighted by molar-refractivity contribution is 0.0628. The van der Waals surface area contributed by atoms with Crippen LogP contribution in [0.3, 0.4) is 0 Å². The third-order valence-electron chi connectivity index (χ3n) is 4.85. The van der Waals surface area contributed by atoms with Gasteiger partial charge in [-0.05, 0) is 42.5 Å². The van der Waals surface area contributed by atoms with E-state index in [1.165, 1.54) is 35.6 Å². The SMILES string of the molecule is O=C(Nc1ccc(F)cc1)c1nnc(CN2CCN(C(=O)c3cccc(Cl)c3)CC2)s1. The smallest absolute Gasteiger partial charge is 0.286 e. The molecule has 2 aromatic carbocycles. The molecule has 160 valence electrons. The molecule has 1 saturated heterocycles. The van der Waals surface area contributed by atoms with E-state index in [0.29, 0.717) is 49.0 Å². The van der Waals surface area contributed by atoms with Gasteiger partial charge in [-0.1, -0.05) is 29.0 Å². The summed E-state index contributed by atoms with van der Waals surface area (Å²) >= 11 is 7.20. The van der Waals surface area contributed by atoms with Crippen molar-refractivity contribution in [3.8, 4) is 0 Å². The Morgan fingerprint density at radius 2 is 1.81 bits per heavy atom. The van der Waals surface area contributed by atoms with Crippen molar-refractivity contribution in [2.24, 2.45) is 0 Å². The van der Waals surface area contributed by atoms with Gasteiger partial charge >= 0.3 is 0 Å². The van der Waals surface area contributed by atoms with Crippen molar-refractivity contribution in [3.05, 3.63) is 74.9 Å². The van der Waals surface area contributed by atoms with Crippen molar-refractivity contribution < 1.29 is 14.0 Å². The highest BCUT2D eigenvalue weighted by Crippen LogP contribution is 2.18. The van der Waals surface area contributed by atoms with E-state index in [4.69, 9.17) is 11.6 Å². The molecule has 0 spiro atoms. The summed E-state index contributed by atoms with van der Waals surface area (Å²) in [6, 6.07) is 12.5. The van der Waals surface area contributed by atoms with E-state index in [1.54, 1.807) is 24.3 Å². The Hall–Kier alpha value is -2.88. The summed E-state index contributed by atoms with van der Waals surface area (Å²) in [5, 5.41) is 12.3. The van der Waals surface area contributed by atoms with E-state index in [1.807, 2.05) is 4.90 Å². The number of anilines is 1. The molecule has 3 aromatic rings. The number of nitrogens with one attached hydrogen (secondary N) is 1. The second-order valence-corrected chi connectivity index (χ2v) is 8.54. The molecular weight excluding hydrogens is 441 g/mol. The van der Waals surface area contributed by atoms with E-state index in [9.17, 15) is 14.0 Å². The molecule has 0 atom stereocenters. The zero-order valence-electron chi connectivity index (χ0n) is 16.4. The molecule has 0 aliphatic carbocycles. The van der Waals surface area contributed by atoms with Gasteiger partial charge in [0, 0.05) is 42.5 Å². The summed E-state index contributed by atoms with van der Waals surface area (Å²) in [5.74, 6) is -0.782. The molecule has 0 unspecified atom stereocenters. The Kier molecular flexibility index (Phi) is 6.55. The Morgan fingerprint density at radius 1 is 1.06 bits per heavy atom. The minimum Gasteiger partial charge on any atom is -0.336 e. The van der Waals surface area contributed by atoms with E-state index in [0.717, 1.165) is 5.01 Å². The predicted molar refractivity (Wildman–Crippen MR) is 117 cm³/mol. The molecule has 0 saturated carbocycles. The number of hydrogen-bond acceptors (Lipinski definition) is 6. The summed E-state index contributed by atoms with van der Waals surface area (Å²) < 4.78 is 13.0. The largest absolute Gasteiger partial charge is 0.336 e. The fourth-order valence-corrected chi connectivity index (χ4v) is 4.20. The van der Waals surface area contributed by atoms with Crippen LogP contribution in [0.25, 0.3) is 0 Å². The average Bonchev–Trinajstić information content (AvgIpc) is 3.24. The van der Waals surface area contributed by atoms with Crippen molar-refractivity contribution in [1.82, 2.24) is 20.0 Å². The molecule has 0 bridgehead atoms. The number of halogens is 2.